The van der Waals surface area contributed by atoms with Gasteiger partial charge in [-0.3, -0.25) is 24.0 Å². The second kappa shape index (κ2) is 27.2. The standard InChI is InChI=1S/C43H67N7O6/c1-4-7-11-19-36(51)24-27-44-41-45-42(49(28-25-37(52)20-12-8-5-2)29-26-38(53)21-13-9-6-3)47-43(46-41)50-32-30-48(31-33-50)39(54)22-16-23-40(55)56-34-35-17-14-10-15-18-35/h10,14-15,17-18H,4-9,11-13,16,19-34H2,1-3H3,(H,44,45,46,47). The van der Waals surface area contributed by atoms with Crippen LogP contribution in [0.25, 0.3) is 0 Å². The van der Waals surface area contributed by atoms with Crippen LogP contribution in [0.3, 0.4) is 0 Å². The van der Waals surface area contributed by atoms with Gasteiger partial charge in [0, 0.05) is 97.2 Å². The molecule has 0 unspecified atom stereocenters. The molecule has 2 aromatic rings. The minimum Gasteiger partial charge on any atom is -0.461 e. The molecule has 2 heterocycles. The van der Waals surface area contributed by atoms with Crippen molar-refractivity contribution in [3.63, 3.8) is 0 Å². The molecule has 0 atom stereocenters. The van der Waals surface area contributed by atoms with E-state index in [1.54, 1.807) is 4.90 Å². The molecular formula is C43H67N7O6. The van der Waals surface area contributed by atoms with E-state index >= 15 is 0 Å². The molecule has 13 nitrogen and oxygen atoms in total. The van der Waals surface area contributed by atoms with Crippen molar-refractivity contribution in [3.8, 4) is 0 Å². The van der Waals surface area contributed by atoms with E-state index in [-0.39, 0.29) is 48.7 Å². The van der Waals surface area contributed by atoms with Crippen LogP contribution in [0.4, 0.5) is 17.8 Å². The van der Waals surface area contributed by atoms with Gasteiger partial charge in [-0.15, -0.1) is 0 Å². The molecule has 0 radical (unpaired) electrons. The molecule has 13 heteroatoms. The second-order valence-electron chi connectivity index (χ2n) is 14.8. The lowest BCUT2D eigenvalue weighted by molar-refractivity contribution is -0.145. The fraction of sp³-hybridized carbons (Fsp3) is 0.674. The Kier molecular flexibility index (Phi) is 22.3. The SMILES string of the molecule is CCCCCC(=O)CCNc1nc(N(CCC(=O)CCCCC)CCC(=O)CCCCC)nc(N2CCN(C(=O)CCCC(=O)OCc3ccccc3)CC2)n1. The number of nitrogens with one attached hydrogen (secondary N) is 1. The predicted octanol–water partition coefficient (Wildman–Crippen LogP) is 7.27. The Labute approximate surface area is 334 Å². The van der Waals surface area contributed by atoms with Crippen LogP contribution in [0.15, 0.2) is 30.3 Å². The number of hydrogen-bond donors (Lipinski definition) is 1. The molecule has 310 valence electrons. The van der Waals surface area contributed by atoms with Crippen molar-refractivity contribution >= 4 is 47.1 Å². The molecule has 1 saturated heterocycles. The van der Waals surface area contributed by atoms with Crippen LogP contribution in [0.1, 0.15) is 142 Å². The Bertz CT molecular complexity index is 1460. The average molecular weight is 778 g/mol. The number of unbranched alkanes of at least 4 members (excludes halogenated alkanes) is 6. The van der Waals surface area contributed by atoms with Crippen molar-refractivity contribution in [2.24, 2.45) is 0 Å². The van der Waals surface area contributed by atoms with E-state index in [0.717, 1.165) is 63.4 Å². The summed E-state index contributed by atoms with van der Waals surface area (Å²) >= 11 is 0. The van der Waals surface area contributed by atoms with Gasteiger partial charge < -0.3 is 24.8 Å². The first-order valence-corrected chi connectivity index (χ1v) is 21.2. The van der Waals surface area contributed by atoms with Crippen LogP contribution in [0.2, 0.25) is 0 Å². The Balaban J connectivity index is 1.68. The number of benzene rings is 1. The summed E-state index contributed by atoms with van der Waals surface area (Å²) in [5.41, 5.74) is 0.921. The van der Waals surface area contributed by atoms with E-state index in [2.05, 4.69) is 26.1 Å². The number of carbonyl (C=O) groups excluding carboxylic acids is 5. The van der Waals surface area contributed by atoms with Crippen molar-refractivity contribution in [3.05, 3.63) is 35.9 Å². The summed E-state index contributed by atoms with van der Waals surface area (Å²) in [6, 6.07) is 9.50. The zero-order valence-electron chi connectivity index (χ0n) is 34.4. The maximum atomic E-state index is 13.1. The number of ether oxygens (including phenoxy) is 1. The molecule has 0 aliphatic carbocycles. The molecule has 0 spiro atoms. The van der Waals surface area contributed by atoms with E-state index in [1.165, 1.54) is 0 Å². The van der Waals surface area contributed by atoms with Gasteiger partial charge in [0.05, 0.1) is 0 Å². The summed E-state index contributed by atoms with van der Waals surface area (Å²) in [6.07, 6.45) is 12.3. The fourth-order valence-corrected chi connectivity index (χ4v) is 6.46. The largest absolute Gasteiger partial charge is 0.461 e. The molecule has 0 bridgehead atoms. The molecule has 1 amide bonds. The van der Waals surface area contributed by atoms with Crippen LogP contribution in [0, 0.1) is 0 Å². The lowest BCUT2D eigenvalue weighted by atomic mass is 10.1. The van der Waals surface area contributed by atoms with Crippen LogP contribution in [-0.2, 0) is 35.3 Å². The number of ketones is 3. The van der Waals surface area contributed by atoms with Gasteiger partial charge in [-0.05, 0) is 31.2 Å². The Morgan fingerprint density at radius 2 is 1.21 bits per heavy atom. The van der Waals surface area contributed by atoms with E-state index in [0.29, 0.717) is 109 Å². The average Bonchev–Trinajstić information content (AvgIpc) is 3.20. The molecule has 3 rings (SSSR count). The predicted molar refractivity (Wildman–Crippen MR) is 221 cm³/mol. The number of amides is 1. The number of anilines is 3. The number of esters is 1. The van der Waals surface area contributed by atoms with Crippen molar-refractivity contribution in [1.82, 2.24) is 19.9 Å². The van der Waals surface area contributed by atoms with E-state index in [1.807, 2.05) is 40.1 Å². The first-order chi connectivity index (χ1) is 27.2. The zero-order chi connectivity index (χ0) is 40.4. The van der Waals surface area contributed by atoms with Gasteiger partial charge >= 0.3 is 5.97 Å². The van der Waals surface area contributed by atoms with Gasteiger partial charge in [0.25, 0.3) is 0 Å². The number of piperazine rings is 1. The van der Waals surface area contributed by atoms with Crippen LogP contribution in [0.5, 0.6) is 0 Å². The molecule has 1 aliphatic heterocycles. The molecule has 1 aromatic heterocycles. The summed E-state index contributed by atoms with van der Waals surface area (Å²) in [6.45, 7) is 9.63. The van der Waals surface area contributed by atoms with Crippen molar-refractivity contribution in [2.75, 3.05) is 60.9 Å². The molecule has 1 fully saturated rings. The van der Waals surface area contributed by atoms with Gasteiger partial charge in [0.15, 0.2) is 0 Å². The lowest BCUT2D eigenvalue weighted by Crippen LogP contribution is -2.49. The smallest absolute Gasteiger partial charge is 0.306 e. The first kappa shape index (κ1) is 46.0. The van der Waals surface area contributed by atoms with Gasteiger partial charge in [-0.1, -0.05) is 89.6 Å². The molecule has 1 aromatic carbocycles. The third-order valence-electron chi connectivity index (χ3n) is 10.0. The summed E-state index contributed by atoms with van der Waals surface area (Å²) in [5.74, 6) is 1.36. The van der Waals surface area contributed by atoms with Gasteiger partial charge in [-0.25, -0.2) is 0 Å². The highest BCUT2D eigenvalue weighted by atomic mass is 16.5. The normalized spacial score (nSPS) is 12.7. The number of Topliss-reactive ketones (excluding diaryl/α,β-unsaturated/α-hetero) is 3. The number of carbonyl (C=O) groups is 5. The van der Waals surface area contributed by atoms with Gasteiger partial charge in [-0.2, -0.15) is 15.0 Å². The quantitative estimate of drug-likeness (QED) is 0.0627. The first-order valence-electron chi connectivity index (χ1n) is 21.2. The number of rotatable bonds is 30. The molecule has 1 N–H and O–H groups in total. The van der Waals surface area contributed by atoms with E-state index in [4.69, 9.17) is 19.7 Å². The van der Waals surface area contributed by atoms with Gasteiger partial charge in [0.2, 0.25) is 23.8 Å². The highest BCUT2D eigenvalue weighted by Gasteiger charge is 2.25. The third kappa shape index (κ3) is 18.5. The molecule has 56 heavy (non-hydrogen) atoms. The molecule has 1 aliphatic rings. The fourth-order valence-electron chi connectivity index (χ4n) is 6.46. The van der Waals surface area contributed by atoms with Gasteiger partial charge in [0.1, 0.15) is 24.0 Å². The number of nitrogens with zero attached hydrogens (tertiary/aromatic N) is 6. The minimum atomic E-state index is -0.321. The molecular weight excluding hydrogens is 711 g/mol. The summed E-state index contributed by atoms with van der Waals surface area (Å²) in [4.78, 5) is 83.7. The zero-order valence-corrected chi connectivity index (χ0v) is 34.4. The summed E-state index contributed by atoms with van der Waals surface area (Å²) in [5, 5.41) is 3.24. The van der Waals surface area contributed by atoms with E-state index in [9.17, 15) is 24.0 Å². The Morgan fingerprint density at radius 1 is 0.643 bits per heavy atom. The second-order valence-corrected chi connectivity index (χ2v) is 14.8. The van der Waals surface area contributed by atoms with Crippen molar-refractivity contribution in [1.29, 1.82) is 0 Å². The van der Waals surface area contributed by atoms with Crippen LogP contribution in [-0.4, -0.2) is 94.9 Å². The number of hydrogen-bond acceptors (Lipinski definition) is 12. The van der Waals surface area contributed by atoms with E-state index < -0.39 is 0 Å². The number of aromatic nitrogens is 3. The summed E-state index contributed by atoms with van der Waals surface area (Å²) in [7, 11) is 0. The summed E-state index contributed by atoms with van der Waals surface area (Å²) < 4.78 is 5.36. The van der Waals surface area contributed by atoms with Crippen molar-refractivity contribution < 1.29 is 28.7 Å². The van der Waals surface area contributed by atoms with Crippen molar-refractivity contribution in [2.45, 2.75) is 143 Å². The van der Waals surface area contributed by atoms with Crippen LogP contribution >= 0.6 is 0 Å². The molecule has 0 saturated carbocycles. The topological polar surface area (TPSA) is 155 Å². The third-order valence-corrected chi connectivity index (χ3v) is 10.0. The Morgan fingerprint density at radius 3 is 1.79 bits per heavy atom. The minimum absolute atomic E-state index is 0.0128. The van der Waals surface area contributed by atoms with Crippen LogP contribution < -0.4 is 15.1 Å². The Hall–Kier alpha value is -4.42. The maximum Gasteiger partial charge on any atom is 0.306 e. The monoisotopic (exact) mass is 778 g/mol. The highest BCUT2D eigenvalue weighted by Crippen LogP contribution is 2.21. The lowest BCUT2D eigenvalue weighted by Gasteiger charge is -2.35. The highest BCUT2D eigenvalue weighted by molar-refractivity contribution is 5.80. The maximum absolute atomic E-state index is 13.1.